The van der Waals surface area contributed by atoms with Gasteiger partial charge in [0, 0.05) is 5.69 Å². The number of nitrogens with zero attached hydrogens (tertiary/aromatic N) is 1. The molecule has 0 radical (unpaired) electrons. The van der Waals surface area contributed by atoms with Crippen molar-refractivity contribution >= 4 is 17.6 Å². The molecule has 0 aliphatic rings. The van der Waals surface area contributed by atoms with Crippen LogP contribution >= 0.6 is 0 Å². The van der Waals surface area contributed by atoms with Gasteiger partial charge >= 0.3 is 5.97 Å². The van der Waals surface area contributed by atoms with Gasteiger partial charge in [0.25, 0.3) is 5.91 Å². The molecule has 0 heterocycles. The molecule has 3 rings (SSSR count). The van der Waals surface area contributed by atoms with E-state index in [0.717, 1.165) is 0 Å². The van der Waals surface area contributed by atoms with Gasteiger partial charge in [0.1, 0.15) is 11.5 Å². The number of benzene rings is 3. The zero-order valence-electron chi connectivity index (χ0n) is 15.7. The first-order chi connectivity index (χ1) is 14.0. The van der Waals surface area contributed by atoms with Crippen LogP contribution in [-0.4, -0.2) is 18.0 Å². The van der Waals surface area contributed by atoms with Gasteiger partial charge < -0.3 is 14.8 Å². The first-order valence-corrected chi connectivity index (χ1v) is 8.90. The van der Waals surface area contributed by atoms with Gasteiger partial charge in [0.15, 0.2) is 6.10 Å². The Labute approximate surface area is 168 Å². The van der Waals surface area contributed by atoms with Crippen molar-refractivity contribution in [3.8, 4) is 17.6 Å². The SMILES string of the molecule is CC(OC(=O)c1ccc(C#N)cc1)C(=O)Nc1ccc(Oc2ccccc2)cc1. The minimum atomic E-state index is -0.988. The van der Waals surface area contributed by atoms with Gasteiger partial charge in [-0.25, -0.2) is 4.79 Å². The van der Waals surface area contributed by atoms with Crippen LogP contribution in [0.4, 0.5) is 5.69 Å². The quantitative estimate of drug-likeness (QED) is 0.629. The van der Waals surface area contributed by atoms with Gasteiger partial charge in [-0.15, -0.1) is 0 Å². The van der Waals surface area contributed by atoms with Crippen LogP contribution in [0.1, 0.15) is 22.8 Å². The van der Waals surface area contributed by atoms with Gasteiger partial charge in [-0.05, 0) is 67.6 Å². The Morgan fingerprint density at radius 1 is 0.897 bits per heavy atom. The van der Waals surface area contributed by atoms with Crippen LogP contribution in [0.15, 0.2) is 78.9 Å². The van der Waals surface area contributed by atoms with Gasteiger partial charge in [0.05, 0.1) is 17.2 Å². The van der Waals surface area contributed by atoms with E-state index in [2.05, 4.69) is 5.32 Å². The second-order valence-corrected chi connectivity index (χ2v) is 6.17. The molecule has 0 aliphatic carbocycles. The first-order valence-electron chi connectivity index (χ1n) is 8.90. The van der Waals surface area contributed by atoms with Gasteiger partial charge in [-0.3, -0.25) is 4.79 Å². The lowest BCUT2D eigenvalue weighted by molar-refractivity contribution is -0.123. The van der Waals surface area contributed by atoms with Crippen molar-refractivity contribution in [3.05, 3.63) is 90.0 Å². The Hall–Kier alpha value is -4.11. The third-order valence-corrected chi connectivity index (χ3v) is 4.00. The lowest BCUT2D eigenvalue weighted by Gasteiger charge is -2.14. The average Bonchev–Trinajstić information content (AvgIpc) is 2.75. The van der Waals surface area contributed by atoms with E-state index in [1.807, 2.05) is 36.4 Å². The summed E-state index contributed by atoms with van der Waals surface area (Å²) in [7, 11) is 0. The number of esters is 1. The van der Waals surface area contributed by atoms with E-state index in [-0.39, 0.29) is 5.56 Å². The molecular formula is C23H18N2O4. The molecule has 0 saturated heterocycles. The summed E-state index contributed by atoms with van der Waals surface area (Å²) in [4.78, 5) is 24.4. The Bertz CT molecular complexity index is 1020. The highest BCUT2D eigenvalue weighted by Crippen LogP contribution is 2.22. The molecule has 0 spiro atoms. The van der Waals surface area contributed by atoms with Crippen LogP contribution < -0.4 is 10.1 Å². The summed E-state index contributed by atoms with van der Waals surface area (Å²) >= 11 is 0. The van der Waals surface area contributed by atoms with Gasteiger partial charge in [-0.1, -0.05) is 18.2 Å². The molecule has 1 atom stereocenters. The molecule has 0 bridgehead atoms. The highest BCUT2D eigenvalue weighted by atomic mass is 16.5. The third-order valence-electron chi connectivity index (χ3n) is 4.00. The monoisotopic (exact) mass is 386 g/mol. The van der Waals surface area contributed by atoms with Crippen LogP contribution in [0.3, 0.4) is 0 Å². The van der Waals surface area contributed by atoms with Crippen LogP contribution in [0, 0.1) is 11.3 Å². The minimum Gasteiger partial charge on any atom is -0.457 e. The fourth-order valence-electron chi connectivity index (χ4n) is 2.44. The lowest BCUT2D eigenvalue weighted by atomic mass is 10.1. The molecule has 0 aliphatic heterocycles. The molecule has 0 fully saturated rings. The van der Waals surface area contributed by atoms with E-state index in [9.17, 15) is 9.59 Å². The number of hydrogen-bond donors (Lipinski definition) is 1. The fourth-order valence-corrected chi connectivity index (χ4v) is 2.44. The number of ether oxygens (including phenoxy) is 2. The minimum absolute atomic E-state index is 0.270. The normalized spacial score (nSPS) is 11.0. The smallest absolute Gasteiger partial charge is 0.338 e. The Kier molecular flexibility index (Phi) is 6.23. The summed E-state index contributed by atoms with van der Waals surface area (Å²) < 4.78 is 10.9. The highest BCUT2D eigenvalue weighted by Gasteiger charge is 2.19. The van der Waals surface area contributed by atoms with Crippen molar-refractivity contribution < 1.29 is 19.1 Å². The summed E-state index contributed by atoms with van der Waals surface area (Å²) in [6.07, 6.45) is -0.988. The van der Waals surface area contributed by atoms with Crippen LogP contribution in [0.25, 0.3) is 0 Å². The van der Waals surface area contributed by atoms with E-state index in [1.165, 1.54) is 31.2 Å². The Morgan fingerprint density at radius 2 is 1.52 bits per heavy atom. The molecule has 0 aromatic heterocycles. The summed E-state index contributed by atoms with van der Waals surface area (Å²) in [5.74, 6) is 0.259. The van der Waals surface area contributed by atoms with Crippen LogP contribution in [-0.2, 0) is 9.53 Å². The molecule has 3 aromatic rings. The summed E-state index contributed by atoms with van der Waals surface area (Å²) in [6, 6.07) is 24.2. The number of nitriles is 1. The van der Waals surface area contributed by atoms with Crippen molar-refractivity contribution in [1.29, 1.82) is 5.26 Å². The molecular weight excluding hydrogens is 368 g/mol. The van der Waals surface area contributed by atoms with Crippen molar-refractivity contribution in [2.24, 2.45) is 0 Å². The number of hydrogen-bond acceptors (Lipinski definition) is 5. The van der Waals surface area contributed by atoms with Crippen LogP contribution in [0.2, 0.25) is 0 Å². The maximum atomic E-state index is 12.3. The topological polar surface area (TPSA) is 88.4 Å². The predicted octanol–water partition coefficient (Wildman–Crippen LogP) is 4.53. The van der Waals surface area contributed by atoms with E-state index in [4.69, 9.17) is 14.7 Å². The van der Waals surface area contributed by atoms with Crippen LogP contribution in [0.5, 0.6) is 11.5 Å². The first kappa shape index (κ1) is 19.6. The predicted molar refractivity (Wildman–Crippen MR) is 108 cm³/mol. The Balaban J connectivity index is 1.54. The number of amides is 1. The Morgan fingerprint density at radius 3 is 2.14 bits per heavy atom. The summed E-state index contributed by atoms with van der Waals surface area (Å²) in [6.45, 7) is 1.49. The van der Waals surface area contributed by atoms with Crippen molar-refractivity contribution in [2.45, 2.75) is 13.0 Å². The summed E-state index contributed by atoms with van der Waals surface area (Å²) in [5, 5.41) is 11.5. The fraction of sp³-hybridized carbons (Fsp3) is 0.0870. The summed E-state index contributed by atoms with van der Waals surface area (Å²) in [5.41, 5.74) is 1.26. The standard InChI is InChI=1S/C23H18N2O4/c1-16(28-23(27)18-9-7-17(15-24)8-10-18)22(26)25-19-11-13-21(14-12-19)29-20-5-3-2-4-6-20/h2-14,16H,1H3,(H,25,26). The second kappa shape index (κ2) is 9.20. The molecule has 3 aromatic carbocycles. The third kappa shape index (κ3) is 5.44. The molecule has 1 amide bonds. The maximum absolute atomic E-state index is 12.3. The number of carbonyl (C=O) groups is 2. The van der Waals surface area contributed by atoms with Crippen molar-refractivity contribution in [3.63, 3.8) is 0 Å². The molecule has 144 valence electrons. The molecule has 6 nitrogen and oxygen atoms in total. The average molecular weight is 386 g/mol. The number of rotatable bonds is 6. The van der Waals surface area contributed by atoms with E-state index in [1.54, 1.807) is 24.3 Å². The second-order valence-electron chi connectivity index (χ2n) is 6.17. The zero-order valence-corrected chi connectivity index (χ0v) is 15.7. The lowest BCUT2D eigenvalue weighted by Crippen LogP contribution is -2.30. The molecule has 1 unspecified atom stereocenters. The van der Waals surface area contributed by atoms with E-state index < -0.39 is 18.0 Å². The van der Waals surface area contributed by atoms with Crippen molar-refractivity contribution in [2.75, 3.05) is 5.32 Å². The number of nitrogens with one attached hydrogen (secondary N) is 1. The largest absolute Gasteiger partial charge is 0.457 e. The zero-order chi connectivity index (χ0) is 20.6. The van der Waals surface area contributed by atoms with E-state index >= 15 is 0 Å². The molecule has 1 N–H and O–H groups in total. The maximum Gasteiger partial charge on any atom is 0.338 e. The van der Waals surface area contributed by atoms with Gasteiger partial charge in [0.2, 0.25) is 0 Å². The van der Waals surface area contributed by atoms with Gasteiger partial charge in [-0.2, -0.15) is 5.26 Å². The van der Waals surface area contributed by atoms with E-state index in [0.29, 0.717) is 22.7 Å². The number of para-hydroxylation sites is 1. The number of carbonyl (C=O) groups excluding carboxylic acids is 2. The number of anilines is 1. The van der Waals surface area contributed by atoms with Crippen molar-refractivity contribution in [1.82, 2.24) is 0 Å². The highest BCUT2D eigenvalue weighted by molar-refractivity contribution is 5.97. The molecule has 0 saturated carbocycles. The molecule has 29 heavy (non-hydrogen) atoms. The molecule has 6 heteroatoms.